The van der Waals surface area contributed by atoms with Crippen molar-refractivity contribution in [3.63, 3.8) is 0 Å². The third kappa shape index (κ3) is 3.37. The molecule has 8 heteroatoms. The van der Waals surface area contributed by atoms with E-state index in [4.69, 9.17) is 0 Å². The monoisotopic (exact) mass is 300 g/mol. The van der Waals surface area contributed by atoms with E-state index in [9.17, 15) is 13.2 Å². The first-order valence-electron chi connectivity index (χ1n) is 6.65. The quantitative estimate of drug-likeness (QED) is 0.841. The molecule has 20 heavy (non-hydrogen) atoms. The Hall–Kier alpha value is -1.41. The molecule has 7 nitrogen and oxygen atoms in total. The standard InChI is InChI=1S/C12H20N4O3S/c1-9(10-7-13-14-8-10)15-12(17)11-5-3-4-6-16(11)20(2,18)19/h7-9,11H,3-6H2,1-2H3,(H,13,14)(H,15,17). The topological polar surface area (TPSA) is 95.2 Å². The number of amides is 1. The summed E-state index contributed by atoms with van der Waals surface area (Å²) in [5, 5.41) is 9.37. The van der Waals surface area contributed by atoms with Gasteiger partial charge in [-0.1, -0.05) is 6.42 Å². The first kappa shape index (κ1) is 15.0. The number of carbonyl (C=O) groups is 1. The zero-order valence-corrected chi connectivity index (χ0v) is 12.5. The largest absolute Gasteiger partial charge is 0.348 e. The molecule has 1 amide bonds. The van der Waals surface area contributed by atoms with Gasteiger partial charge in [-0.2, -0.15) is 9.40 Å². The minimum absolute atomic E-state index is 0.204. The van der Waals surface area contributed by atoms with E-state index in [0.717, 1.165) is 24.7 Å². The number of hydrogen-bond donors (Lipinski definition) is 2. The minimum atomic E-state index is -3.36. The second kappa shape index (κ2) is 5.92. The van der Waals surface area contributed by atoms with E-state index < -0.39 is 16.1 Å². The molecule has 1 fully saturated rings. The lowest BCUT2D eigenvalue weighted by molar-refractivity contribution is -0.126. The van der Waals surface area contributed by atoms with Crippen molar-refractivity contribution in [2.75, 3.05) is 12.8 Å². The highest BCUT2D eigenvalue weighted by Crippen LogP contribution is 2.21. The fourth-order valence-electron chi connectivity index (χ4n) is 2.45. The molecule has 0 bridgehead atoms. The van der Waals surface area contributed by atoms with Crippen LogP contribution in [-0.4, -0.2) is 47.7 Å². The summed E-state index contributed by atoms with van der Waals surface area (Å²) in [6.07, 6.45) is 6.73. The van der Waals surface area contributed by atoms with Gasteiger partial charge in [-0.3, -0.25) is 9.89 Å². The van der Waals surface area contributed by atoms with Crippen molar-refractivity contribution in [2.45, 2.75) is 38.3 Å². The van der Waals surface area contributed by atoms with E-state index in [1.165, 1.54) is 4.31 Å². The van der Waals surface area contributed by atoms with Crippen molar-refractivity contribution in [3.8, 4) is 0 Å². The van der Waals surface area contributed by atoms with Gasteiger partial charge in [-0.15, -0.1) is 0 Å². The number of nitrogens with zero attached hydrogens (tertiary/aromatic N) is 2. The van der Waals surface area contributed by atoms with E-state index in [0.29, 0.717) is 13.0 Å². The molecule has 1 saturated heterocycles. The summed E-state index contributed by atoms with van der Waals surface area (Å²) in [6.45, 7) is 2.26. The molecule has 1 aliphatic heterocycles. The number of sulfonamides is 1. The molecule has 0 aromatic carbocycles. The van der Waals surface area contributed by atoms with Crippen LogP contribution in [0.2, 0.25) is 0 Å². The van der Waals surface area contributed by atoms with Crippen LogP contribution in [0, 0.1) is 0 Å². The van der Waals surface area contributed by atoms with Crippen molar-refractivity contribution in [2.24, 2.45) is 0 Å². The summed E-state index contributed by atoms with van der Waals surface area (Å²) in [5.74, 6) is -0.246. The van der Waals surface area contributed by atoms with Crippen LogP contribution in [0.15, 0.2) is 12.4 Å². The predicted molar refractivity (Wildman–Crippen MR) is 74.3 cm³/mol. The highest BCUT2D eigenvalue weighted by Gasteiger charge is 2.34. The van der Waals surface area contributed by atoms with Crippen LogP contribution in [0.25, 0.3) is 0 Å². The summed E-state index contributed by atoms with van der Waals surface area (Å²) < 4.78 is 24.8. The number of piperidine rings is 1. The smallest absolute Gasteiger partial charge is 0.238 e. The molecular formula is C12H20N4O3S. The molecule has 2 N–H and O–H groups in total. The van der Waals surface area contributed by atoms with Crippen LogP contribution in [-0.2, 0) is 14.8 Å². The molecule has 2 unspecified atom stereocenters. The summed E-state index contributed by atoms with van der Waals surface area (Å²) >= 11 is 0. The molecule has 0 radical (unpaired) electrons. The van der Waals surface area contributed by atoms with Crippen LogP contribution >= 0.6 is 0 Å². The van der Waals surface area contributed by atoms with Gasteiger partial charge in [0.25, 0.3) is 0 Å². The molecule has 2 heterocycles. The second-order valence-corrected chi connectivity index (χ2v) is 7.08. The molecule has 112 valence electrons. The Morgan fingerprint density at radius 1 is 1.55 bits per heavy atom. The van der Waals surface area contributed by atoms with Crippen LogP contribution in [0.4, 0.5) is 0 Å². The predicted octanol–water partition coefficient (Wildman–Crippen LogP) is 0.401. The van der Waals surface area contributed by atoms with Crippen LogP contribution in [0.3, 0.4) is 0 Å². The van der Waals surface area contributed by atoms with E-state index in [-0.39, 0.29) is 11.9 Å². The van der Waals surface area contributed by atoms with Crippen molar-refractivity contribution < 1.29 is 13.2 Å². The van der Waals surface area contributed by atoms with Crippen molar-refractivity contribution in [1.29, 1.82) is 0 Å². The lowest BCUT2D eigenvalue weighted by atomic mass is 10.0. The number of aromatic nitrogens is 2. The fraction of sp³-hybridized carbons (Fsp3) is 0.667. The molecule has 1 aromatic heterocycles. The lowest BCUT2D eigenvalue weighted by Gasteiger charge is -2.33. The Balaban J connectivity index is 2.07. The van der Waals surface area contributed by atoms with Crippen LogP contribution in [0.1, 0.15) is 37.8 Å². The normalized spacial score (nSPS) is 22.4. The van der Waals surface area contributed by atoms with Crippen molar-refractivity contribution in [3.05, 3.63) is 18.0 Å². The molecular weight excluding hydrogens is 280 g/mol. The molecule has 0 aliphatic carbocycles. The first-order valence-corrected chi connectivity index (χ1v) is 8.50. The number of carbonyl (C=O) groups excluding carboxylic acids is 1. The Labute approximate surface area is 118 Å². The van der Waals surface area contributed by atoms with Gasteiger partial charge in [0.05, 0.1) is 18.5 Å². The maximum atomic E-state index is 12.3. The Morgan fingerprint density at radius 3 is 2.90 bits per heavy atom. The van der Waals surface area contributed by atoms with Gasteiger partial charge in [0.2, 0.25) is 15.9 Å². The fourth-order valence-corrected chi connectivity index (χ4v) is 3.58. The van der Waals surface area contributed by atoms with Gasteiger partial charge < -0.3 is 5.32 Å². The lowest BCUT2D eigenvalue weighted by Crippen LogP contribution is -2.51. The van der Waals surface area contributed by atoms with E-state index in [1.807, 2.05) is 6.92 Å². The third-order valence-electron chi connectivity index (χ3n) is 3.56. The van der Waals surface area contributed by atoms with Gasteiger partial charge in [0.1, 0.15) is 6.04 Å². The Bertz CT molecular complexity index is 555. The number of rotatable bonds is 4. The maximum Gasteiger partial charge on any atom is 0.238 e. The molecule has 2 atom stereocenters. The molecule has 1 aliphatic rings. The van der Waals surface area contributed by atoms with Crippen LogP contribution in [0.5, 0.6) is 0 Å². The summed E-state index contributed by atoms with van der Waals surface area (Å²) in [7, 11) is -3.36. The maximum absolute atomic E-state index is 12.3. The third-order valence-corrected chi connectivity index (χ3v) is 4.85. The number of hydrogen-bond acceptors (Lipinski definition) is 4. The Kier molecular flexibility index (Phi) is 4.44. The summed E-state index contributed by atoms with van der Waals surface area (Å²) in [4.78, 5) is 12.3. The van der Waals surface area contributed by atoms with Gasteiger partial charge in [0.15, 0.2) is 0 Å². The SMILES string of the molecule is CC(NC(=O)C1CCCCN1S(C)(=O)=O)c1cn[nH]c1. The summed E-state index contributed by atoms with van der Waals surface area (Å²) in [6, 6.07) is -0.808. The number of nitrogens with one attached hydrogen (secondary N) is 2. The molecule has 0 saturated carbocycles. The van der Waals surface area contributed by atoms with Gasteiger partial charge in [-0.05, 0) is 19.8 Å². The first-order chi connectivity index (χ1) is 9.39. The highest BCUT2D eigenvalue weighted by molar-refractivity contribution is 7.88. The zero-order valence-electron chi connectivity index (χ0n) is 11.7. The Morgan fingerprint density at radius 2 is 2.30 bits per heavy atom. The van der Waals surface area contributed by atoms with Crippen LogP contribution < -0.4 is 5.32 Å². The average molecular weight is 300 g/mol. The van der Waals surface area contributed by atoms with E-state index >= 15 is 0 Å². The van der Waals surface area contributed by atoms with E-state index in [2.05, 4.69) is 15.5 Å². The van der Waals surface area contributed by atoms with Gasteiger partial charge in [0, 0.05) is 18.3 Å². The number of aromatic amines is 1. The van der Waals surface area contributed by atoms with Gasteiger partial charge in [-0.25, -0.2) is 8.42 Å². The molecule has 1 aromatic rings. The second-order valence-electron chi connectivity index (χ2n) is 5.15. The molecule has 2 rings (SSSR count). The van der Waals surface area contributed by atoms with Gasteiger partial charge >= 0.3 is 0 Å². The minimum Gasteiger partial charge on any atom is -0.348 e. The average Bonchev–Trinajstić information content (AvgIpc) is 2.91. The zero-order chi connectivity index (χ0) is 14.8. The van der Waals surface area contributed by atoms with Crippen molar-refractivity contribution in [1.82, 2.24) is 19.8 Å². The molecule has 0 spiro atoms. The summed E-state index contributed by atoms with van der Waals surface area (Å²) in [5.41, 5.74) is 0.861. The highest BCUT2D eigenvalue weighted by atomic mass is 32.2. The number of H-pyrrole nitrogens is 1. The van der Waals surface area contributed by atoms with E-state index in [1.54, 1.807) is 12.4 Å². The van der Waals surface area contributed by atoms with Crippen molar-refractivity contribution >= 4 is 15.9 Å².